The zero-order valence-electron chi connectivity index (χ0n) is 16.1. The zero-order valence-corrected chi connectivity index (χ0v) is 16.1. The summed E-state index contributed by atoms with van der Waals surface area (Å²) in [4.78, 5) is 24.0. The van der Waals surface area contributed by atoms with Gasteiger partial charge in [-0.2, -0.15) is 0 Å². The molecule has 1 fully saturated rings. The van der Waals surface area contributed by atoms with Gasteiger partial charge in [0.15, 0.2) is 5.89 Å². The number of hydrogen-bond acceptors (Lipinski definition) is 5. The number of carbonyl (C=O) groups excluding carboxylic acids is 1. The Morgan fingerprint density at radius 2 is 2.18 bits per heavy atom. The fraction of sp³-hybridized carbons (Fsp3) is 0.476. The van der Waals surface area contributed by atoms with Crippen molar-refractivity contribution in [2.24, 2.45) is 0 Å². The van der Waals surface area contributed by atoms with Crippen molar-refractivity contribution in [1.29, 1.82) is 0 Å². The molecule has 146 valence electrons. The molecule has 0 unspecified atom stereocenters. The van der Waals surface area contributed by atoms with Gasteiger partial charge in [0.05, 0.1) is 18.7 Å². The molecule has 1 amide bonds. The summed E-state index contributed by atoms with van der Waals surface area (Å²) < 4.78 is 13.5. The SMILES string of the molecule is Cc1cccn2c(CC(=O)N3CCc4oc(C5CCOCC5)nc4C3)cnc12. The van der Waals surface area contributed by atoms with Gasteiger partial charge in [-0.25, -0.2) is 9.97 Å². The second-order valence-electron chi connectivity index (χ2n) is 7.69. The van der Waals surface area contributed by atoms with Gasteiger partial charge in [-0.3, -0.25) is 4.79 Å². The van der Waals surface area contributed by atoms with E-state index in [1.54, 1.807) is 6.20 Å². The van der Waals surface area contributed by atoms with E-state index in [2.05, 4.69) is 4.98 Å². The number of aromatic nitrogens is 3. The van der Waals surface area contributed by atoms with Crippen LogP contribution in [-0.2, 0) is 28.9 Å². The van der Waals surface area contributed by atoms with Crippen molar-refractivity contribution >= 4 is 11.6 Å². The number of oxazole rings is 1. The lowest BCUT2D eigenvalue weighted by Crippen LogP contribution is -2.37. The average Bonchev–Trinajstić information content (AvgIpc) is 3.33. The second kappa shape index (κ2) is 7.05. The van der Waals surface area contributed by atoms with Crippen LogP contribution < -0.4 is 0 Å². The second-order valence-corrected chi connectivity index (χ2v) is 7.69. The Morgan fingerprint density at radius 3 is 3.04 bits per heavy atom. The Balaban J connectivity index is 1.30. The molecule has 0 radical (unpaired) electrons. The molecule has 5 heterocycles. The van der Waals surface area contributed by atoms with E-state index >= 15 is 0 Å². The minimum Gasteiger partial charge on any atom is -0.445 e. The van der Waals surface area contributed by atoms with E-state index in [0.717, 1.165) is 66.7 Å². The van der Waals surface area contributed by atoms with Crippen molar-refractivity contribution in [2.45, 2.75) is 45.1 Å². The number of hydrogen-bond donors (Lipinski definition) is 0. The van der Waals surface area contributed by atoms with Crippen LogP contribution in [0.25, 0.3) is 5.65 Å². The van der Waals surface area contributed by atoms with Gasteiger partial charge >= 0.3 is 0 Å². The van der Waals surface area contributed by atoms with Crippen LogP contribution in [0.15, 0.2) is 28.9 Å². The maximum absolute atomic E-state index is 12.9. The summed E-state index contributed by atoms with van der Waals surface area (Å²) in [6.07, 6.45) is 6.73. The minimum absolute atomic E-state index is 0.101. The molecule has 0 atom stereocenters. The molecule has 0 spiro atoms. The van der Waals surface area contributed by atoms with Gasteiger partial charge < -0.3 is 18.5 Å². The number of rotatable bonds is 3. The molecule has 7 nitrogen and oxygen atoms in total. The van der Waals surface area contributed by atoms with Crippen molar-refractivity contribution in [2.75, 3.05) is 19.8 Å². The van der Waals surface area contributed by atoms with E-state index in [-0.39, 0.29) is 5.91 Å². The molecule has 28 heavy (non-hydrogen) atoms. The van der Waals surface area contributed by atoms with Gasteiger partial charge in [0.1, 0.15) is 17.1 Å². The molecule has 2 aliphatic heterocycles. The molecule has 0 aliphatic carbocycles. The van der Waals surface area contributed by atoms with Gasteiger partial charge in [0.2, 0.25) is 5.91 Å². The highest BCUT2D eigenvalue weighted by Gasteiger charge is 2.29. The van der Waals surface area contributed by atoms with Crippen LogP contribution in [0, 0.1) is 6.92 Å². The number of fused-ring (bicyclic) bond motifs is 2. The predicted octanol–water partition coefficient (Wildman–Crippen LogP) is 2.65. The van der Waals surface area contributed by atoms with Crippen LogP contribution in [0.4, 0.5) is 0 Å². The first-order valence-electron chi connectivity index (χ1n) is 9.94. The third-order valence-electron chi connectivity index (χ3n) is 5.81. The summed E-state index contributed by atoms with van der Waals surface area (Å²) in [5.41, 5.74) is 3.84. The predicted molar refractivity (Wildman–Crippen MR) is 102 cm³/mol. The Bertz CT molecular complexity index is 1020. The monoisotopic (exact) mass is 380 g/mol. The molecule has 7 heteroatoms. The quantitative estimate of drug-likeness (QED) is 0.698. The topological polar surface area (TPSA) is 72.9 Å². The van der Waals surface area contributed by atoms with E-state index in [4.69, 9.17) is 14.1 Å². The highest BCUT2D eigenvalue weighted by atomic mass is 16.5. The number of ether oxygens (including phenoxy) is 1. The number of amides is 1. The van der Waals surface area contributed by atoms with Crippen LogP contribution in [0.3, 0.4) is 0 Å². The van der Waals surface area contributed by atoms with Crippen LogP contribution in [0.1, 0.15) is 47.4 Å². The summed E-state index contributed by atoms with van der Waals surface area (Å²) in [6.45, 7) is 4.75. The number of nitrogens with zero attached hydrogens (tertiary/aromatic N) is 4. The van der Waals surface area contributed by atoms with E-state index in [9.17, 15) is 4.79 Å². The molecule has 0 bridgehead atoms. The van der Waals surface area contributed by atoms with Crippen LogP contribution in [0.5, 0.6) is 0 Å². The first-order valence-corrected chi connectivity index (χ1v) is 9.94. The fourth-order valence-electron chi connectivity index (χ4n) is 4.15. The lowest BCUT2D eigenvalue weighted by Gasteiger charge is -2.25. The number of pyridine rings is 1. The Morgan fingerprint density at radius 1 is 1.32 bits per heavy atom. The third kappa shape index (κ3) is 3.09. The molecular formula is C21H24N4O3. The van der Waals surface area contributed by atoms with Crippen molar-refractivity contribution in [3.63, 3.8) is 0 Å². The summed E-state index contributed by atoms with van der Waals surface area (Å²) in [5, 5.41) is 0. The van der Waals surface area contributed by atoms with Crippen LogP contribution in [0.2, 0.25) is 0 Å². The first kappa shape index (κ1) is 17.4. The van der Waals surface area contributed by atoms with Gasteiger partial charge in [-0.15, -0.1) is 0 Å². The zero-order chi connectivity index (χ0) is 19.1. The van der Waals surface area contributed by atoms with Gasteiger partial charge in [0, 0.05) is 44.5 Å². The number of aryl methyl sites for hydroxylation is 1. The van der Waals surface area contributed by atoms with Crippen molar-refractivity contribution in [3.8, 4) is 0 Å². The molecule has 3 aromatic rings. The molecule has 0 aromatic carbocycles. The first-order chi connectivity index (χ1) is 13.7. The summed E-state index contributed by atoms with van der Waals surface area (Å²) in [5.74, 6) is 2.20. The highest BCUT2D eigenvalue weighted by molar-refractivity contribution is 5.79. The Labute approximate surface area is 163 Å². The molecule has 3 aromatic heterocycles. The smallest absolute Gasteiger partial charge is 0.228 e. The molecule has 5 rings (SSSR count). The number of carbonyl (C=O) groups is 1. The molecule has 2 aliphatic rings. The minimum atomic E-state index is 0.101. The normalized spacial score (nSPS) is 17.8. The lowest BCUT2D eigenvalue weighted by atomic mass is 10.0. The van der Waals surface area contributed by atoms with Crippen molar-refractivity contribution < 1.29 is 13.9 Å². The van der Waals surface area contributed by atoms with Gasteiger partial charge in [-0.1, -0.05) is 6.07 Å². The fourth-order valence-corrected chi connectivity index (χ4v) is 4.15. The lowest BCUT2D eigenvalue weighted by molar-refractivity contribution is -0.131. The molecule has 0 saturated carbocycles. The van der Waals surface area contributed by atoms with Crippen LogP contribution >= 0.6 is 0 Å². The Kier molecular flexibility index (Phi) is 4.39. The summed E-state index contributed by atoms with van der Waals surface area (Å²) in [6, 6.07) is 4.01. The Hall–Kier alpha value is -2.67. The highest BCUT2D eigenvalue weighted by Crippen LogP contribution is 2.30. The van der Waals surface area contributed by atoms with Crippen LogP contribution in [-0.4, -0.2) is 44.9 Å². The van der Waals surface area contributed by atoms with E-state index in [0.29, 0.717) is 25.4 Å². The van der Waals surface area contributed by atoms with E-state index in [1.807, 2.05) is 34.6 Å². The molecule has 1 saturated heterocycles. The van der Waals surface area contributed by atoms with Crippen molar-refractivity contribution in [1.82, 2.24) is 19.3 Å². The largest absolute Gasteiger partial charge is 0.445 e. The van der Waals surface area contributed by atoms with Gasteiger partial charge in [-0.05, 0) is 31.4 Å². The maximum atomic E-state index is 12.9. The average molecular weight is 380 g/mol. The standard InChI is InChI=1S/C21H24N4O3/c1-14-3-2-7-25-16(12-22-20(14)25)11-19(26)24-8-4-18-17(13-24)23-21(28-18)15-5-9-27-10-6-15/h2-3,7,12,15H,4-6,8-11,13H2,1H3. The summed E-state index contributed by atoms with van der Waals surface area (Å²) in [7, 11) is 0. The third-order valence-corrected chi connectivity index (χ3v) is 5.81. The van der Waals surface area contributed by atoms with E-state index in [1.165, 1.54) is 0 Å². The maximum Gasteiger partial charge on any atom is 0.228 e. The van der Waals surface area contributed by atoms with E-state index < -0.39 is 0 Å². The molecular weight excluding hydrogens is 356 g/mol. The number of imidazole rings is 1. The van der Waals surface area contributed by atoms with Crippen molar-refractivity contribution in [3.05, 3.63) is 53.1 Å². The molecule has 0 N–H and O–H groups in total. The van der Waals surface area contributed by atoms with Gasteiger partial charge in [0.25, 0.3) is 0 Å². The summed E-state index contributed by atoms with van der Waals surface area (Å²) >= 11 is 0.